The van der Waals surface area contributed by atoms with Crippen molar-refractivity contribution in [3.8, 4) is 0 Å². The highest BCUT2D eigenvalue weighted by atomic mass is 35.5. The lowest BCUT2D eigenvalue weighted by molar-refractivity contribution is 0.236. The minimum atomic E-state index is -3.67. The standard InChI is InChI=1S/C11H17ClN2O3S/c1-8(2)14(5-6-15)18(16,17)9-3-4-11(13)10(12)7-9/h3-4,7-8,15H,5-6,13H2,1-2H3. The predicted octanol–water partition coefficient (Wildman–Crippen LogP) is 1.31. The molecule has 0 radical (unpaired) electrons. The SMILES string of the molecule is CC(C)N(CCO)S(=O)(=O)c1ccc(N)c(Cl)c1. The number of sulfonamides is 1. The number of nitrogen functional groups attached to an aromatic ring is 1. The van der Waals surface area contributed by atoms with Gasteiger partial charge in [-0.05, 0) is 32.0 Å². The molecule has 1 aromatic rings. The summed E-state index contributed by atoms with van der Waals surface area (Å²) in [5, 5.41) is 9.14. The topological polar surface area (TPSA) is 83.6 Å². The Morgan fingerprint density at radius 2 is 2.06 bits per heavy atom. The molecule has 5 nitrogen and oxygen atoms in total. The van der Waals surface area contributed by atoms with Crippen molar-refractivity contribution in [2.75, 3.05) is 18.9 Å². The van der Waals surface area contributed by atoms with Crippen LogP contribution >= 0.6 is 11.6 Å². The summed E-state index contributed by atoms with van der Waals surface area (Å²) in [6.45, 7) is 3.29. The minimum absolute atomic E-state index is 0.0436. The molecule has 1 rings (SSSR count). The maximum atomic E-state index is 12.3. The van der Waals surface area contributed by atoms with E-state index < -0.39 is 10.0 Å². The fourth-order valence-corrected chi connectivity index (χ4v) is 3.46. The molecule has 7 heteroatoms. The van der Waals surface area contributed by atoms with Crippen molar-refractivity contribution in [2.24, 2.45) is 0 Å². The van der Waals surface area contributed by atoms with E-state index in [9.17, 15) is 8.42 Å². The Balaban J connectivity index is 3.22. The van der Waals surface area contributed by atoms with E-state index in [1.165, 1.54) is 22.5 Å². The molecule has 1 aromatic carbocycles. The third-order valence-corrected chi connectivity index (χ3v) is 4.87. The van der Waals surface area contributed by atoms with Crippen LogP contribution in [0, 0.1) is 0 Å². The Morgan fingerprint density at radius 3 is 2.50 bits per heavy atom. The van der Waals surface area contributed by atoms with Gasteiger partial charge in [0.1, 0.15) is 0 Å². The van der Waals surface area contributed by atoms with Crippen LogP contribution < -0.4 is 5.73 Å². The Bertz CT molecular complexity index is 517. The van der Waals surface area contributed by atoms with Crippen LogP contribution in [-0.4, -0.2) is 37.0 Å². The minimum Gasteiger partial charge on any atom is -0.398 e. The molecule has 0 saturated carbocycles. The Labute approximate surface area is 112 Å². The zero-order chi connectivity index (χ0) is 13.9. The number of rotatable bonds is 5. The van der Waals surface area contributed by atoms with Crippen molar-refractivity contribution < 1.29 is 13.5 Å². The second-order valence-electron chi connectivity index (χ2n) is 4.12. The number of nitrogens with zero attached hydrogens (tertiary/aromatic N) is 1. The molecule has 0 unspecified atom stereocenters. The number of anilines is 1. The van der Waals surface area contributed by atoms with Crippen LogP contribution in [0.25, 0.3) is 0 Å². The lowest BCUT2D eigenvalue weighted by atomic mass is 10.3. The summed E-state index contributed by atoms with van der Waals surface area (Å²) in [7, 11) is -3.67. The summed E-state index contributed by atoms with van der Waals surface area (Å²) in [5.74, 6) is 0. The number of nitrogens with two attached hydrogens (primary N) is 1. The summed E-state index contributed by atoms with van der Waals surface area (Å²) in [6, 6.07) is 3.92. The molecule has 18 heavy (non-hydrogen) atoms. The van der Waals surface area contributed by atoms with Gasteiger partial charge in [-0.25, -0.2) is 8.42 Å². The van der Waals surface area contributed by atoms with Crippen molar-refractivity contribution in [3.63, 3.8) is 0 Å². The van der Waals surface area contributed by atoms with Crippen molar-refractivity contribution in [2.45, 2.75) is 24.8 Å². The van der Waals surface area contributed by atoms with Gasteiger partial charge in [0.2, 0.25) is 10.0 Å². The van der Waals surface area contributed by atoms with E-state index in [-0.39, 0.29) is 29.1 Å². The highest BCUT2D eigenvalue weighted by Gasteiger charge is 2.26. The lowest BCUT2D eigenvalue weighted by Gasteiger charge is -2.25. The predicted molar refractivity (Wildman–Crippen MR) is 72.0 cm³/mol. The van der Waals surface area contributed by atoms with Gasteiger partial charge in [-0.2, -0.15) is 4.31 Å². The molecule has 0 aromatic heterocycles. The molecule has 0 aliphatic carbocycles. The monoisotopic (exact) mass is 292 g/mol. The van der Waals surface area contributed by atoms with Gasteiger partial charge in [-0.15, -0.1) is 0 Å². The molecule has 0 saturated heterocycles. The van der Waals surface area contributed by atoms with Crippen LogP contribution in [0.5, 0.6) is 0 Å². The maximum Gasteiger partial charge on any atom is 0.243 e. The second-order valence-corrected chi connectivity index (χ2v) is 6.41. The lowest BCUT2D eigenvalue weighted by Crippen LogP contribution is -2.38. The van der Waals surface area contributed by atoms with Crippen LogP contribution in [-0.2, 0) is 10.0 Å². The van der Waals surface area contributed by atoms with Crippen molar-refractivity contribution in [1.82, 2.24) is 4.31 Å². The van der Waals surface area contributed by atoms with Crippen LogP contribution in [0.2, 0.25) is 5.02 Å². The van der Waals surface area contributed by atoms with Crippen LogP contribution in [0.1, 0.15) is 13.8 Å². The van der Waals surface area contributed by atoms with E-state index in [0.717, 1.165) is 0 Å². The smallest absolute Gasteiger partial charge is 0.243 e. The first-order valence-corrected chi connectivity index (χ1v) is 7.30. The third-order valence-electron chi connectivity index (χ3n) is 2.47. The molecular weight excluding hydrogens is 276 g/mol. The molecule has 0 aliphatic heterocycles. The van der Waals surface area contributed by atoms with Gasteiger partial charge in [0.25, 0.3) is 0 Å². The highest BCUT2D eigenvalue weighted by molar-refractivity contribution is 7.89. The number of halogens is 1. The fourth-order valence-electron chi connectivity index (χ4n) is 1.56. The van der Waals surface area contributed by atoms with E-state index >= 15 is 0 Å². The van der Waals surface area contributed by atoms with E-state index in [1.807, 2.05) is 0 Å². The van der Waals surface area contributed by atoms with E-state index in [0.29, 0.717) is 5.69 Å². The molecule has 0 heterocycles. The average Bonchev–Trinajstić information content (AvgIpc) is 2.28. The molecule has 0 atom stereocenters. The molecule has 0 amide bonds. The maximum absolute atomic E-state index is 12.3. The number of benzene rings is 1. The fraction of sp³-hybridized carbons (Fsp3) is 0.455. The average molecular weight is 293 g/mol. The summed E-state index contributed by atoms with van der Waals surface area (Å²) in [5.41, 5.74) is 5.87. The quantitative estimate of drug-likeness (QED) is 0.802. The Hall–Kier alpha value is -0.820. The normalized spacial score (nSPS) is 12.3. The third kappa shape index (κ3) is 3.14. The second kappa shape index (κ2) is 5.88. The number of hydrogen-bond acceptors (Lipinski definition) is 4. The van der Waals surface area contributed by atoms with Gasteiger partial charge < -0.3 is 10.8 Å². The molecule has 0 fully saturated rings. The zero-order valence-corrected chi connectivity index (χ0v) is 11.9. The van der Waals surface area contributed by atoms with E-state index in [4.69, 9.17) is 22.4 Å². The van der Waals surface area contributed by atoms with E-state index in [2.05, 4.69) is 0 Å². The number of hydrogen-bond donors (Lipinski definition) is 2. The first kappa shape index (κ1) is 15.2. The number of aliphatic hydroxyl groups is 1. The van der Waals surface area contributed by atoms with E-state index in [1.54, 1.807) is 13.8 Å². The summed E-state index contributed by atoms with van der Waals surface area (Å²) >= 11 is 5.82. The summed E-state index contributed by atoms with van der Waals surface area (Å²) in [6.07, 6.45) is 0. The van der Waals surface area contributed by atoms with Gasteiger partial charge >= 0.3 is 0 Å². The summed E-state index contributed by atoms with van der Waals surface area (Å²) in [4.78, 5) is 0.0730. The molecule has 0 aliphatic rings. The Morgan fingerprint density at radius 1 is 1.44 bits per heavy atom. The van der Waals surface area contributed by atoms with Crippen molar-refractivity contribution in [1.29, 1.82) is 0 Å². The van der Waals surface area contributed by atoms with Gasteiger partial charge in [0, 0.05) is 12.6 Å². The molecule has 102 valence electrons. The number of aliphatic hydroxyl groups excluding tert-OH is 1. The molecular formula is C11H17ClN2O3S. The molecule has 0 spiro atoms. The van der Waals surface area contributed by atoms with Crippen LogP contribution in [0.3, 0.4) is 0 Å². The molecule has 3 N–H and O–H groups in total. The highest BCUT2D eigenvalue weighted by Crippen LogP contribution is 2.25. The first-order chi connectivity index (χ1) is 8.30. The van der Waals surface area contributed by atoms with Gasteiger partial charge in [0.15, 0.2) is 0 Å². The van der Waals surface area contributed by atoms with Gasteiger partial charge in [0.05, 0.1) is 22.2 Å². The van der Waals surface area contributed by atoms with Gasteiger partial charge in [-0.3, -0.25) is 0 Å². The molecule has 0 bridgehead atoms. The summed E-state index contributed by atoms with van der Waals surface area (Å²) < 4.78 is 25.9. The van der Waals surface area contributed by atoms with Crippen molar-refractivity contribution >= 4 is 27.3 Å². The zero-order valence-electron chi connectivity index (χ0n) is 10.3. The van der Waals surface area contributed by atoms with Crippen LogP contribution in [0.4, 0.5) is 5.69 Å². The Kier molecular flexibility index (Phi) is 4.98. The first-order valence-electron chi connectivity index (χ1n) is 5.48. The van der Waals surface area contributed by atoms with Crippen LogP contribution in [0.15, 0.2) is 23.1 Å². The van der Waals surface area contributed by atoms with Crippen molar-refractivity contribution in [3.05, 3.63) is 23.2 Å². The van der Waals surface area contributed by atoms with Gasteiger partial charge in [-0.1, -0.05) is 11.6 Å². The largest absolute Gasteiger partial charge is 0.398 e.